The molecule has 2 unspecified atom stereocenters. The van der Waals surface area contributed by atoms with Gasteiger partial charge in [-0.15, -0.1) is 0 Å². The largest absolute Gasteiger partial charge is 0.367 e. The molecule has 0 radical (unpaired) electrons. The molecule has 3 N–H and O–H groups in total. The highest BCUT2D eigenvalue weighted by Crippen LogP contribution is 2.41. The van der Waals surface area contributed by atoms with Crippen molar-refractivity contribution in [2.75, 3.05) is 11.4 Å². The lowest BCUT2D eigenvalue weighted by Crippen LogP contribution is -2.56. The van der Waals surface area contributed by atoms with Crippen molar-refractivity contribution >= 4 is 11.4 Å². The summed E-state index contributed by atoms with van der Waals surface area (Å²) in [5, 5.41) is 14.7. The smallest absolute Gasteiger partial charge is 0.269 e. The van der Waals surface area contributed by atoms with E-state index in [1.54, 1.807) is 12.1 Å². The number of nitro benzene ring substituents is 1. The summed E-state index contributed by atoms with van der Waals surface area (Å²) in [6, 6.07) is 8.72. The predicted molar refractivity (Wildman–Crippen MR) is 94.1 cm³/mol. The van der Waals surface area contributed by atoms with Crippen molar-refractivity contribution in [2.24, 2.45) is 11.7 Å². The molecule has 1 aliphatic heterocycles. The summed E-state index contributed by atoms with van der Waals surface area (Å²) in [5.74, 6) is 0.725. The number of nitrogens with one attached hydrogen (secondary N) is 1. The molecule has 1 aromatic rings. The highest BCUT2D eigenvalue weighted by molar-refractivity contribution is 5.53. The van der Waals surface area contributed by atoms with Crippen LogP contribution in [0.1, 0.15) is 38.5 Å². The van der Waals surface area contributed by atoms with Gasteiger partial charge in [0.05, 0.1) is 4.92 Å². The molecule has 2 saturated carbocycles. The molecule has 5 atom stereocenters. The molecule has 0 spiro atoms. The summed E-state index contributed by atoms with van der Waals surface area (Å²) >= 11 is 0. The van der Waals surface area contributed by atoms with Crippen LogP contribution in [0.2, 0.25) is 0 Å². The molecule has 0 aromatic heterocycles. The van der Waals surface area contributed by atoms with Crippen LogP contribution in [0.15, 0.2) is 24.3 Å². The summed E-state index contributed by atoms with van der Waals surface area (Å²) in [7, 11) is 0. The number of anilines is 1. The van der Waals surface area contributed by atoms with Crippen molar-refractivity contribution in [2.45, 2.75) is 62.7 Å². The number of rotatable bonds is 4. The second-order valence-electron chi connectivity index (χ2n) is 7.66. The number of nitrogens with zero attached hydrogens (tertiary/aromatic N) is 2. The fourth-order valence-corrected chi connectivity index (χ4v) is 4.91. The van der Waals surface area contributed by atoms with Crippen LogP contribution in [0.25, 0.3) is 0 Å². The average Bonchev–Trinajstić information content (AvgIpc) is 3.17. The Balaban J connectivity index is 1.45. The quantitative estimate of drug-likeness (QED) is 0.654. The number of hydrogen-bond donors (Lipinski definition) is 2. The SMILES string of the molecule is N[C@@H]1CCCC[C@H]1N[C@H]1CC2CC1N(c1ccc([N+](=O)[O-])cc1)C2. The summed E-state index contributed by atoms with van der Waals surface area (Å²) in [4.78, 5) is 12.9. The van der Waals surface area contributed by atoms with Gasteiger partial charge in [-0.2, -0.15) is 0 Å². The van der Waals surface area contributed by atoms with Crippen molar-refractivity contribution in [3.63, 3.8) is 0 Å². The van der Waals surface area contributed by atoms with Crippen molar-refractivity contribution in [3.05, 3.63) is 34.4 Å². The molecule has 6 heteroatoms. The molecule has 3 fully saturated rings. The number of nitro groups is 1. The fourth-order valence-electron chi connectivity index (χ4n) is 4.91. The number of non-ortho nitro benzene ring substituents is 1. The Bertz CT molecular complexity index is 606. The molecule has 4 rings (SSSR count). The summed E-state index contributed by atoms with van der Waals surface area (Å²) in [5.41, 5.74) is 7.57. The van der Waals surface area contributed by atoms with Crippen molar-refractivity contribution in [1.82, 2.24) is 5.32 Å². The van der Waals surface area contributed by atoms with Gasteiger partial charge in [-0.3, -0.25) is 10.1 Å². The second-order valence-corrected chi connectivity index (χ2v) is 7.66. The van der Waals surface area contributed by atoms with E-state index in [1.807, 2.05) is 12.1 Å². The van der Waals surface area contributed by atoms with Gasteiger partial charge in [0.15, 0.2) is 0 Å². The Morgan fingerprint density at radius 2 is 1.88 bits per heavy atom. The van der Waals surface area contributed by atoms with Gasteiger partial charge < -0.3 is 16.0 Å². The molecule has 2 aliphatic carbocycles. The fraction of sp³-hybridized carbons (Fsp3) is 0.667. The van der Waals surface area contributed by atoms with Gasteiger partial charge >= 0.3 is 0 Å². The molecule has 130 valence electrons. The van der Waals surface area contributed by atoms with Crippen LogP contribution in [0.4, 0.5) is 11.4 Å². The lowest BCUT2D eigenvalue weighted by Gasteiger charge is -2.39. The average molecular weight is 330 g/mol. The lowest BCUT2D eigenvalue weighted by molar-refractivity contribution is -0.384. The van der Waals surface area contributed by atoms with E-state index >= 15 is 0 Å². The Hall–Kier alpha value is -1.66. The number of benzene rings is 1. The number of hydrogen-bond acceptors (Lipinski definition) is 5. The van der Waals surface area contributed by atoms with Gasteiger partial charge in [0.2, 0.25) is 0 Å². The van der Waals surface area contributed by atoms with Gasteiger partial charge in [-0.25, -0.2) is 0 Å². The maximum absolute atomic E-state index is 10.8. The molecule has 1 heterocycles. The van der Waals surface area contributed by atoms with Crippen LogP contribution < -0.4 is 16.0 Å². The zero-order valence-electron chi connectivity index (χ0n) is 13.9. The van der Waals surface area contributed by atoms with Crippen molar-refractivity contribution in [3.8, 4) is 0 Å². The third kappa shape index (κ3) is 2.89. The van der Waals surface area contributed by atoms with Gasteiger partial charge in [0, 0.05) is 48.5 Å². The highest BCUT2D eigenvalue weighted by atomic mass is 16.6. The Morgan fingerprint density at radius 1 is 1.12 bits per heavy atom. The first kappa shape index (κ1) is 15.8. The summed E-state index contributed by atoms with van der Waals surface area (Å²) in [6.07, 6.45) is 7.30. The number of fused-ring (bicyclic) bond motifs is 2. The van der Waals surface area contributed by atoms with E-state index in [-0.39, 0.29) is 16.7 Å². The number of piperidine rings is 1. The third-order valence-corrected chi connectivity index (χ3v) is 6.12. The van der Waals surface area contributed by atoms with E-state index in [9.17, 15) is 10.1 Å². The van der Waals surface area contributed by atoms with E-state index in [0.29, 0.717) is 18.1 Å². The lowest BCUT2D eigenvalue weighted by atomic mass is 9.89. The zero-order chi connectivity index (χ0) is 16.7. The van der Waals surface area contributed by atoms with E-state index in [2.05, 4.69) is 10.2 Å². The van der Waals surface area contributed by atoms with Gasteiger partial charge in [0.1, 0.15) is 0 Å². The van der Waals surface area contributed by atoms with E-state index in [1.165, 1.54) is 32.1 Å². The van der Waals surface area contributed by atoms with Crippen molar-refractivity contribution < 1.29 is 4.92 Å². The highest BCUT2D eigenvalue weighted by Gasteiger charge is 2.45. The van der Waals surface area contributed by atoms with Gasteiger partial charge in [-0.05, 0) is 43.7 Å². The normalized spacial score (nSPS) is 35.4. The molecule has 1 aromatic carbocycles. The Labute approximate surface area is 142 Å². The van der Waals surface area contributed by atoms with E-state index < -0.39 is 0 Å². The topological polar surface area (TPSA) is 84.4 Å². The summed E-state index contributed by atoms with van der Waals surface area (Å²) in [6.45, 7) is 1.07. The molecular weight excluding hydrogens is 304 g/mol. The van der Waals surface area contributed by atoms with E-state index in [0.717, 1.165) is 24.6 Å². The molecule has 2 bridgehead atoms. The molecule has 3 aliphatic rings. The van der Waals surface area contributed by atoms with Crippen LogP contribution in [0.5, 0.6) is 0 Å². The summed E-state index contributed by atoms with van der Waals surface area (Å²) < 4.78 is 0. The zero-order valence-corrected chi connectivity index (χ0v) is 13.9. The third-order valence-electron chi connectivity index (χ3n) is 6.12. The second kappa shape index (κ2) is 6.33. The van der Waals surface area contributed by atoms with Crippen molar-refractivity contribution in [1.29, 1.82) is 0 Å². The molecule has 6 nitrogen and oxygen atoms in total. The number of nitrogens with two attached hydrogens (primary N) is 1. The van der Waals surface area contributed by atoms with Crippen LogP contribution in [0.3, 0.4) is 0 Å². The molecule has 1 saturated heterocycles. The van der Waals surface area contributed by atoms with E-state index in [4.69, 9.17) is 5.73 Å². The van der Waals surface area contributed by atoms with Crippen LogP contribution in [-0.2, 0) is 0 Å². The monoisotopic (exact) mass is 330 g/mol. The standard InChI is InChI=1S/C18H26N4O2/c19-15-3-1-2-4-16(15)20-17-9-12-10-18(17)21(11-12)13-5-7-14(8-6-13)22(23)24/h5-8,12,15-18,20H,1-4,9-11,19H2/t12?,15-,16-,17+,18?/m1/s1. The first-order chi connectivity index (χ1) is 11.6. The molecule has 24 heavy (non-hydrogen) atoms. The van der Waals surface area contributed by atoms with Crippen LogP contribution >= 0.6 is 0 Å². The first-order valence-electron chi connectivity index (χ1n) is 9.14. The van der Waals surface area contributed by atoms with Gasteiger partial charge in [-0.1, -0.05) is 12.8 Å². The Kier molecular flexibility index (Phi) is 4.18. The van der Waals surface area contributed by atoms with Gasteiger partial charge in [0.25, 0.3) is 5.69 Å². The predicted octanol–water partition coefficient (Wildman–Crippen LogP) is 2.42. The maximum atomic E-state index is 10.8. The minimum Gasteiger partial charge on any atom is -0.367 e. The van der Waals surface area contributed by atoms with Crippen LogP contribution in [-0.4, -0.2) is 35.6 Å². The minimum atomic E-state index is -0.339. The molecular formula is C18H26N4O2. The maximum Gasteiger partial charge on any atom is 0.269 e. The minimum absolute atomic E-state index is 0.158. The first-order valence-corrected chi connectivity index (χ1v) is 9.14. The Morgan fingerprint density at radius 3 is 2.54 bits per heavy atom. The van der Waals surface area contributed by atoms with Crippen LogP contribution in [0, 0.1) is 16.0 Å². The molecule has 0 amide bonds.